The van der Waals surface area contributed by atoms with Crippen molar-refractivity contribution in [1.82, 2.24) is 9.55 Å². The van der Waals surface area contributed by atoms with Gasteiger partial charge in [-0.15, -0.1) is 0 Å². The smallest absolute Gasteiger partial charge is 0.177 e. The maximum atomic E-state index is 13.2. The first-order chi connectivity index (χ1) is 6.11. The van der Waals surface area contributed by atoms with Gasteiger partial charge in [0.15, 0.2) is 11.6 Å². The molecular formula is C9H8F2N2. The van der Waals surface area contributed by atoms with Crippen LogP contribution >= 0.6 is 0 Å². The van der Waals surface area contributed by atoms with Crippen LogP contribution in [0.3, 0.4) is 0 Å². The molecule has 0 N–H and O–H groups in total. The zero-order valence-electron chi connectivity index (χ0n) is 7.31. The van der Waals surface area contributed by atoms with E-state index >= 15 is 0 Å². The third kappa shape index (κ3) is 1.02. The van der Waals surface area contributed by atoms with E-state index in [0.717, 1.165) is 11.9 Å². The van der Waals surface area contributed by atoms with Gasteiger partial charge < -0.3 is 4.57 Å². The van der Waals surface area contributed by atoms with Crippen molar-refractivity contribution < 1.29 is 8.78 Å². The second-order valence-corrected chi connectivity index (χ2v) is 3.00. The maximum Gasteiger partial charge on any atom is 0.177 e. The monoisotopic (exact) mass is 182 g/mol. The van der Waals surface area contributed by atoms with Gasteiger partial charge in [-0.05, 0) is 13.0 Å². The van der Waals surface area contributed by atoms with Gasteiger partial charge in [-0.25, -0.2) is 13.8 Å². The molecule has 0 atom stereocenters. The Kier molecular flexibility index (Phi) is 1.58. The Morgan fingerprint density at radius 1 is 1.38 bits per heavy atom. The molecule has 68 valence electrons. The first-order valence-corrected chi connectivity index (χ1v) is 3.87. The Balaban J connectivity index is 2.94. The molecule has 0 saturated carbocycles. The summed E-state index contributed by atoms with van der Waals surface area (Å²) in [5.74, 6) is -1.73. The number of aryl methyl sites for hydroxylation is 2. The van der Waals surface area contributed by atoms with Gasteiger partial charge in [-0.3, -0.25) is 0 Å². The summed E-state index contributed by atoms with van der Waals surface area (Å²) in [7, 11) is 1.77. The average molecular weight is 182 g/mol. The van der Waals surface area contributed by atoms with Crippen molar-refractivity contribution in [2.24, 2.45) is 7.05 Å². The molecule has 4 heteroatoms. The fourth-order valence-corrected chi connectivity index (χ4v) is 1.34. The lowest BCUT2D eigenvalue weighted by Crippen LogP contribution is -1.93. The molecule has 2 rings (SSSR count). The highest BCUT2D eigenvalue weighted by atomic mass is 19.2. The fraction of sp³-hybridized carbons (Fsp3) is 0.222. The lowest BCUT2D eigenvalue weighted by molar-refractivity contribution is 0.513. The standard InChI is InChI=1S/C9H8F2N2/c1-5-3-6-8(11)7(10)4-12-9(6)13(5)2/h3-4H,1-2H3. The molecule has 2 aromatic rings. The van der Waals surface area contributed by atoms with Crippen LogP contribution in [0.5, 0.6) is 0 Å². The molecule has 2 heterocycles. The third-order valence-electron chi connectivity index (χ3n) is 2.19. The normalized spacial score (nSPS) is 11.1. The number of hydrogen-bond acceptors (Lipinski definition) is 1. The summed E-state index contributed by atoms with van der Waals surface area (Å²) >= 11 is 0. The molecule has 0 aliphatic heterocycles. The van der Waals surface area contributed by atoms with E-state index in [1.807, 2.05) is 6.92 Å². The Hall–Kier alpha value is -1.45. The van der Waals surface area contributed by atoms with Crippen molar-refractivity contribution in [3.05, 3.63) is 29.6 Å². The van der Waals surface area contributed by atoms with Gasteiger partial charge in [0, 0.05) is 12.7 Å². The van der Waals surface area contributed by atoms with Crippen molar-refractivity contribution in [3.63, 3.8) is 0 Å². The number of halogens is 2. The molecule has 13 heavy (non-hydrogen) atoms. The van der Waals surface area contributed by atoms with E-state index in [-0.39, 0.29) is 5.39 Å². The second kappa shape index (κ2) is 2.52. The third-order valence-corrected chi connectivity index (χ3v) is 2.19. The highest BCUT2D eigenvalue weighted by Crippen LogP contribution is 2.20. The number of hydrogen-bond donors (Lipinski definition) is 0. The second-order valence-electron chi connectivity index (χ2n) is 3.00. The largest absolute Gasteiger partial charge is 0.333 e. The lowest BCUT2D eigenvalue weighted by Gasteiger charge is -1.97. The van der Waals surface area contributed by atoms with Crippen LogP contribution in [0, 0.1) is 18.6 Å². The average Bonchev–Trinajstić information content (AvgIpc) is 2.38. The van der Waals surface area contributed by atoms with Gasteiger partial charge >= 0.3 is 0 Å². The Morgan fingerprint density at radius 2 is 2.08 bits per heavy atom. The highest BCUT2D eigenvalue weighted by Gasteiger charge is 2.11. The van der Waals surface area contributed by atoms with E-state index in [4.69, 9.17) is 0 Å². The zero-order valence-corrected chi connectivity index (χ0v) is 7.31. The Labute approximate surface area is 73.8 Å². The van der Waals surface area contributed by atoms with Crippen molar-refractivity contribution in [1.29, 1.82) is 0 Å². The molecule has 0 radical (unpaired) electrons. The zero-order chi connectivity index (χ0) is 9.59. The molecule has 2 aromatic heterocycles. The molecular weight excluding hydrogens is 174 g/mol. The predicted octanol–water partition coefficient (Wildman–Crippen LogP) is 2.16. The van der Waals surface area contributed by atoms with E-state index in [2.05, 4.69) is 4.98 Å². The topological polar surface area (TPSA) is 17.8 Å². The van der Waals surface area contributed by atoms with Crippen molar-refractivity contribution in [2.75, 3.05) is 0 Å². The molecule has 0 aliphatic rings. The van der Waals surface area contributed by atoms with E-state index < -0.39 is 11.6 Å². The predicted molar refractivity (Wildman–Crippen MR) is 45.4 cm³/mol. The summed E-state index contributed by atoms with van der Waals surface area (Å²) in [4.78, 5) is 3.81. The number of nitrogens with zero attached hydrogens (tertiary/aromatic N) is 2. The minimum atomic E-state index is -0.905. The molecule has 0 fully saturated rings. The van der Waals surface area contributed by atoms with Crippen molar-refractivity contribution in [2.45, 2.75) is 6.92 Å². The van der Waals surface area contributed by atoms with Gasteiger partial charge in [-0.1, -0.05) is 0 Å². The summed E-state index contributed by atoms with van der Waals surface area (Å²) in [5.41, 5.74) is 1.32. The van der Waals surface area contributed by atoms with E-state index in [1.54, 1.807) is 17.7 Å². The van der Waals surface area contributed by atoms with Gasteiger partial charge in [-0.2, -0.15) is 0 Å². The van der Waals surface area contributed by atoms with Crippen LogP contribution < -0.4 is 0 Å². The van der Waals surface area contributed by atoms with Gasteiger partial charge in [0.1, 0.15) is 5.65 Å². The highest BCUT2D eigenvalue weighted by molar-refractivity contribution is 5.77. The molecule has 0 bridgehead atoms. The van der Waals surface area contributed by atoms with E-state index in [1.165, 1.54) is 0 Å². The summed E-state index contributed by atoms with van der Waals surface area (Å²) in [6, 6.07) is 1.58. The number of pyridine rings is 1. The molecule has 0 saturated heterocycles. The lowest BCUT2D eigenvalue weighted by atomic mass is 10.3. The van der Waals surface area contributed by atoms with Crippen LogP contribution in [0.25, 0.3) is 11.0 Å². The van der Waals surface area contributed by atoms with Gasteiger partial charge in [0.25, 0.3) is 0 Å². The van der Waals surface area contributed by atoms with E-state index in [9.17, 15) is 8.78 Å². The fourth-order valence-electron chi connectivity index (χ4n) is 1.34. The molecule has 2 nitrogen and oxygen atoms in total. The minimum absolute atomic E-state index is 0.236. The van der Waals surface area contributed by atoms with Crippen LogP contribution in [-0.2, 0) is 7.05 Å². The number of fused-ring (bicyclic) bond motifs is 1. The number of aromatic nitrogens is 2. The van der Waals surface area contributed by atoms with Crippen molar-refractivity contribution >= 4 is 11.0 Å². The van der Waals surface area contributed by atoms with Crippen LogP contribution in [0.4, 0.5) is 8.78 Å². The Morgan fingerprint density at radius 3 is 2.77 bits per heavy atom. The van der Waals surface area contributed by atoms with Crippen LogP contribution in [0.1, 0.15) is 5.69 Å². The van der Waals surface area contributed by atoms with E-state index in [0.29, 0.717) is 5.65 Å². The summed E-state index contributed by atoms with van der Waals surface area (Å²) in [6.07, 6.45) is 0.900. The summed E-state index contributed by atoms with van der Waals surface area (Å²) in [6.45, 7) is 1.82. The SMILES string of the molecule is Cc1cc2c(F)c(F)cnc2n1C. The first-order valence-electron chi connectivity index (χ1n) is 3.87. The van der Waals surface area contributed by atoms with Crippen LogP contribution in [0.15, 0.2) is 12.3 Å². The first kappa shape index (κ1) is 8.16. The van der Waals surface area contributed by atoms with Crippen LogP contribution in [0.2, 0.25) is 0 Å². The summed E-state index contributed by atoms with van der Waals surface area (Å²) < 4.78 is 27.6. The van der Waals surface area contributed by atoms with Crippen LogP contribution in [-0.4, -0.2) is 9.55 Å². The minimum Gasteiger partial charge on any atom is -0.333 e. The molecule has 0 aliphatic carbocycles. The molecule has 0 amide bonds. The summed E-state index contributed by atoms with van der Waals surface area (Å²) in [5, 5.41) is 0.236. The molecule has 0 spiro atoms. The Bertz CT molecular complexity index is 474. The molecule has 0 aromatic carbocycles. The van der Waals surface area contributed by atoms with Gasteiger partial charge in [0.2, 0.25) is 0 Å². The maximum absolute atomic E-state index is 13.2. The quantitative estimate of drug-likeness (QED) is 0.610. The number of rotatable bonds is 0. The van der Waals surface area contributed by atoms with Gasteiger partial charge in [0.05, 0.1) is 11.6 Å². The molecule has 0 unspecified atom stereocenters. The van der Waals surface area contributed by atoms with Crippen molar-refractivity contribution in [3.8, 4) is 0 Å².